The fraction of sp³-hybridized carbons (Fsp3) is 0.125. The number of hydrogen-bond donors (Lipinski definition) is 4. The van der Waals surface area contributed by atoms with Crippen molar-refractivity contribution in [1.82, 2.24) is 21.3 Å². The molecule has 1 saturated heterocycles. The number of amidine groups is 1. The van der Waals surface area contributed by atoms with Crippen molar-refractivity contribution in [3.63, 3.8) is 0 Å². The van der Waals surface area contributed by atoms with E-state index in [4.69, 9.17) is 0 Å². The summed E-state index contributed by atoms with van der Waals surface area (Å²) >= 11 is 0. The Morgan fingerprint density at radius 3 is 2.24 bits per heavy atom. The van der Waals surface area contributed by atoms with Crippen molar-refractivity contribution in [1.29, 1.82) is 0 Å². The minimum absolute atomic E-state index is 0.00185. The molecule has 2 aliphatic rings. The Kier molecular flexibility index (Phi) is 4.62. The fourth-order valence-electron chi connectivity index (χ4n) is 3.66. The molecule has 1 unspecified atom stereocenters. The number of nitrogens with zero attached hydrogens (tertiary/aromatic N) is 1. The quantitative estimate of drug-likeness (QED) is 0.547. The lowest BCUT2D eigenvalue weighted by molar-refractivity contribution is 0.610. The van der Waals surface area contributed by atoms with Crippen LogP contribution < -0.4 is 21.3 Å². The SMILES string of the molecule is c1ccc(CNC2=C3NC(c4ccc(-c5ccccc5)cc4)NC3=NCN2)cc1. The summed E-state index contributed by atoms with van der Waals surface area (Å²) in [6, 6.07) is 29.5. The summed E-state index contributed by atoms with van der Waals surface area (Å²) in [6.45, 7) is 1.32. The third kappa shape index (κ3) is 3.67. The van der Waals surface area contributed by atoms with Crippen molar-refractivity contribution in [3.8, 4) is 11.1 Å². The van der Waals surface area contributed by atoms with Gasteiger partial charge in [0.05, 0.1) is 0 Å². The molecule has 0 aliphatic carbocycles. The minimum atomic E-state index is 0.00185. The lowest BCUT2D eigenvalue weighted by atomic mass is 10.0. The van der Waals surface area contributed by atoms with E-state index >= 15 is 0 Å². The first-order chi connectivity index (χ1) is 14.4. The van der Waals surface area contributed by atoms with Gasteiger partial charge in [-0.3, -0.25) is 0 Å². The van der Waals surface area contributed by atoms with E-state index in [1.54, 1.807) is 0 Å². The predicted octanol–water partition coefficient (Wildman–Crippen LogP) is 3.46. The summed E-state index contributed by atoms with van der Waals surface area (Å²) in [4.78, 5) is 4.57. The van der Waals surface area contributed by atoms with Crippen molar-refractivity contribution < 1.29 is 0 Å². The van der Waals surface area contributed by atoms with E-state index in [0.29, 0.717) is 6.67 Å². The van der Waals surface area contributed by atoms with Crippen LogP contribution in [-0.4, -0.2) is 12.5 Å². The van der Waals surface area contributed by atoms with Crippen molar-refractivity contribution in [2.45, 2.75) is 12.7 Å². The van der Waals surface area contributed by atoms with Crippen LogP contribution in [0.4, 0.5) is 0 Å². The van der Waals surface area contributed by atoms with Gasteiger partial charge in [0.25, 0.3) is 0 Å². The standard InChI is InChI=1S/C24H23N5/c1-3-7-17(8-4-1)15-25-23-21-24(27-16-26-23)29-22(28-21)20-13-11-19(12-14-20)18-9-5-2-6-10-18/h1-14,22,25-26,28H,15-16H2,(H,27,29). The molecule has 5 nitrogen and oxygen atoms in total. The van der Waals surface area contributed by atoms with Crippen molar-refractivity contribution in [2.75, 3.05) is 6.67 Å². The van der Waals surface area contributed by atoms with Gasteiger partial charge >= 0.3 is 0 Å². The Morgan fingerprint density at radius 2 is 1.48 bits per heavy atom. The summed E-state index contributed by atoms with van der Waals surface area (Å²) in [5, 5.41) is 13.9. The Hall–Kier alpha value is -3.73. The van der Waals surface area contributed by atoms with Gasteiger partial charge in [-0.05, 0) is 22.3 Å². The minimum Gasteiger partial charge on any atom is -0.366 e. The highest BCUT2D eigenvalue weighted by Gasteiger charge is 2.29. The summed E-state index contributed by atoms with van der Waals surface area (Å²) in [7, 11) is 0. The summed E-state index contributed by atoms with van der Waals surface area (Å²) in [6.07, 6.45) is 0.00185. The topological polar surface area (TPSA) is 60.5 Å². The molecular formula is C24H23N5. The number of nitrogens with one attached hydrogen (secondary N) is 4. The van der Waals surface area contributed by atoms with E-state index in [0.717, 1.165) is 23.9 Å². The Bertz CT molecular complexity index is 1040. The molecule has 1 atom stereocenters. The highest BCUT2D eigenvalue weighted by Crippen LogP contribution is 2.24. The first-order valence-corrected chi connectivity index (χ1v) is 9.86. The molecule has 5 heteroatoms. The summed E-state index contributed by atoms with van der Waals surface area (Å²) in [5.74, 6) is 1.88. The Morgan fingerprint density at radius 1 is 0.793 bits per heavy atom. The number of benzene rings is 3. The molecule has 2 heterocycles. The predicted molar refractivity (Wildman–Crippen MR) is 117 cm³/mol. The number of aliphatic imine (C=N–C) groups is 1. The lowest BCUT2D eigenvalue weighted by Gasteiger charge is -2.19. The van der Waals surface area contributed by atoms with Crippen LogP contribution >= 0.6 is 0 Å². The molecule has 5 rings (SSSR count). The van der Waals surface area contributed by atoms with Gasteiger partial charge in [0.2, 0.25) is 0 Å². The second-order valence-corrected chi connectivity index (χ2v) is 7.14. The molecule has 3 aromatic rings. The van der Waals surface area contributed by atoms with E-state index in [1.807, 2.05) is 12.1 Å². The number of fused-ring (bicyclic) bond motifs is 1. The zero-order valence-electron chi connectivity index (χ0n) is 16.0. The van der Waals surface area contributed by atoms with Gasteiger partial charge in [0.15, 0.2) is 5.84 Å². The van der Waals surface area contributed by atoms with E-state index in [-0.39, 0.29) is 6.17 Å². The number of hydrogen-bond acceptors (Lipinski definition) is 5. The molecule has 0 aromatic heterocycles. The molecular weight excluding hydrogens is 358 g/mol. The van der Waals surface area contributed by atoms with E-state index in [9.17, 15) is 0 Å². The van der Waals surface area contributed by atoms with Crippen molar-refractivity contribution in [3.05, 3.63) is 108 Å². The van der Waals surface area contributed by atoms with Crippen LogP contribution in [0.15, 0.2) is 101 Å². The molecule has 0 radical (unpaired) electrons. The molecule has 2 aliphatic heterocycles. The highest BCUT2D eigenvalue weighted by atomic mass is 15.3. The van der Waals surface area contributed by atoms with E-state index < -0.39 is 0 Å². The van der Waals surface area contributed by atoms with Gasteiger partial charge in [0.1, 0.15) is 24.4 Å². The molecule has 0 bridgehead atoms. The average Bonchev–Trinajstić information content (AvgIpc) is 3.24. The zero-order chi connectivity index (χ0) is 19.5. The van der Waals surface area contributed by atoms with Crippen LogP contribution in [0.1, 0.15) is 17.3 Å². The van der Waals surface area contributed by atoms with E-state index in [1.165, 1.54) is 22.3 Å². The average molecular weight is 381 g/mol. The Balaban J connectivity index is 1.32. The van der Waals surface area contributed by atoms with Gasteiger partial charge in [-0.15, -0.1) is 0 Å². The van der Waals surface area contributed by atoms with Gasteiger partial charge in [-0.25, -0.2) is 4.99 Å². The van der Waals surface area contributed by atoms with Crippen LogP contribution in [0.2, 0.25) is 0 Å². The van der Waals surface area contributed by atoms with Gasteiger partial charge in [0, 0.05) is 6.54 Å². The van der Waals surface area contributed by atoms with Crippen LogP contribution in [0.25, 0.3) is 11.1 Å². The zero-order valence-corrected chi connectivity index (χ0v) is 16.0. The van der Waals surface area contributed by atoms with Crippen LogP contribution in [0.3, 0.4) is 0 Å². The third-order valence-electron chi connectivity index (χ3n) is 5.21. The smallest absolute Gasteiger partial charge is 0.152 e. The van der Waals surface area contributed by atoms with E-state index in [2.05, 4.69) is 99.1 Å². The summed E-state index contributed by atoms with van der Waals surface area (Å²) in [5.41, 5.74) is 5.85. The lowest BCUT2D eigenvalue weighted by Crippen LogP contribution is -2.35. The first kappa shape index (κ1) is 17.4. The monoisotopic (exact) mass is 381 g/mol. The third-order valence-corrected chi connectivity index (χ3v) is 5.21. The second kappa shape index (κ2) is 7.72. The molecule has 4 N–H and O–H groups in total. The Labute approximate surface area is 170 Å². The summed E-state index contributed by atoms with van der Waals surface area (Å²) < 4.78 is 0. The molecule has 0 spiro atoms. The molecule has 0 saturated carbocycles. The van der Waals surface area contributed by atoms with Gasteiger partial charge in [-0.1, -0.05) is 84.9 Å². The largest absolute Gasteiger partial charge is 0.366 e. The van der Waals surface area contributed by atoms with Crippen LogP contribution in [-0.2, 0) is 6.54 Å². The maximum absolute atomic E-state index is 4.57. The van der Waals surface area contributed by atoms with Gasteiger partial charge < -0.3 is 21.3 Å². The van der Waals surface area contributed by atoms with Crippen LogP contribution in [0.5, 0.6) is 0 Å². The normalized spacial score (nSPS) is 17.5. The number of rotatable bonds is 5. The molecule has 144 valence electrons. The first-order valence-electron chi connectivity index (χ1n) is 9.86. The maximum atomic E-state index is 4.57. The maximum Gasteiger partial charge on any atom is 0.152 e. The molecule has 3 aromatic carbocycles. The molecule has 1 fully saturated rings. The molecule has 0 amide bonds. The molecule has 29 heavy (non-hydrogen) atoms. The highest BCUT2D eigenvalue weighted by molar-refractivity contribution is 6.01. The van der Waals surface area contributed by atoms with Crippen LogP contribution in [0, 0.1) is 0 Å². The van der Waals surface area contributed by atoms with Gasteiger partial charge in [-0.2, -0.15) is 0 Å². The van der Waals surface area contributed by atoms with Crippen molar-refractivity contribution >= 4 is 5.84 Å². The fourth-order valence-corrected chi connectivity index (χ4v) is 3.66. The van der Waals surface area contributed by atoms with Crippen molar-refractivity contribution in [2.24, 2.45) is 4.99 Å². The second-order valence-electron chi connectivity index (χ2n) is 7.14.